The average Bonchev–Trinajstić information content (AvgIpc) is 2.97. The molecule has 9 heteroatoms. The summed E-state index contributed by atoms with van der Waals surface area (Å²) in [4.78, 5) is 16.0. The molecule has 6 nitrogen and oxygen atoms in total. The molecule has 0 spiro atoms. The van der Waals surface area contributed by atoms with Crippen molar-refractivity contribution in [1.82, 2.24) is 4.98 Å². The van der Waals surface area contributed by atoms with E-state index >= 15 is 0 Å². The van der Waals surface area contributed by atoms with Crippen molar-refractivity contribution in [2.45, 2.75) is 24.0 Å². The molecular formula is C14H15ClN2O4S2. The van der Waals surface area contributed by atoms with E-state index in [0.29, 0.717) is 6.42 Å². The van der Waals surface area contributed by atoms with E-state index in [1.807, 2.05) is 6.92 Å². The molecule has 1 aromatic heterocycles. The zero-order valence-electron chi connectivity index (χ0n) is 12.2. The first-order chi connectivity index (χ1) is 10.8. The summed E-state index contributed by atoms with van der Waals surface area (Å²) in [6.45, 7) is 1.91. The predicted molar refractivity (Wildman–Crippen MR) is 90.1 cm³/mol. The number of aromatic nitrogens is 1. The van der Waals surface area contributed by atoms with Gasteiger partial charge in [0.05, 0.1) is 22.5 Å². The normalized spacial score (nSPS) is 11.4. The Morgan fingerprint density at radius 3 is 2.87 bits per heavy atom. The van der Waals surface area contributed by atoms with Crippen molar-refractivity contribution in [2.24, 2.45) is 0 Å². The van der Waals surface area contributed by atoms with E-state index in [0.717, 1.165) is 17.8 Å². The minimum absolute atomic E-state index is 0.0530. The minimum Gasteiger partial charge on any atom is -0.506 e. The number of amides is 1. The Morgan fingerprint density at radius 1 is 1.43 bits per heavy atom. The summed E-state index contributed by atoms with van der Waals surface area (Å²) in [5, 5.41) is 12.1. The summed E-state index contributed by atoms with van der Waals surface area (Å²) >= 11 is 6.75. The number of aromatic hydroxyl groups is 1. The summed E-state index contributed by atoms with van der Waals surface area (Å²) in [5.74, 6) is -0.726. The molecule has 1 amide bonds. The Bertz CT molecular complexity index is 818. The summed E-state index contributed by atoms with van der Waals surface area (Å²) in [6, 6.07) is 4.30. The van der Waals surface area contributed by atoms with Gasteiger partial charge < -0.3 is 5.11 Å². The topological polar surface area (TPSA) is 96.4 Å². The number of carbonyl (C=O) groups excluding carboxylic acids is 1. The third-order valence-electron chi connectivity index (χ3n) is 3.00. The first-order valence-corrected chi connectivity index (χ1v) is 9.67. The maximum absolute atomic E-state index is 12.1. The molecule has 0 bridgehead atoms. The molecule has 0 saturated heterocycles. The van der Waals surface area contributed by atoms with Crippen molar-refractivity contribution in [3.8, 4) is 5.75 Å². The number of halogens is 1. The zero-order chi connectivity index (χ0) is 17.0. The number of sulfone groups is 1. The van der Waals surface area contributed by atoms with Gasteiger partial charge in [-0.15, -0.1) is 0 Å². The SMILES string of the molecule is CCCCS(=O)(=O)c1cnc(NC(=O)c2cccc(O)c2Cl)s1. The highest BCUT2D eigenvalue weighted by molar-refractivity contribution is 7.93. The molecule has 0 atom stereocenters. The highest BCUT2D eigenvalue weighted by Gasteiger charge is 2.19. The molecule has 124 valence electrons. The molecule has 1 heterocycles. The van der Waals surface area contributed by atoms with Crippen LogP contribution in [0.15, 0.2) is 28.6 Å². The maximum Gasteiger partial charge on any atom is 0.259 e. The van der Waals surface area contributed by atoms with Gasteiger partial charge in [0.2, 0.25) is 0 Å². The number of hydrogen-bond donors (Lipinski definition) is 2. The first kappa shape index (κ1) is 17.7. The average molecular weight is 375 g/mol. The van der Waals surface area contributed by atoms with Gasteiger partial charge in [0, 0.05) is 0 Å². The van der Waals surface area contributed by atoms with Crippen LogP contribution in [0.3, 0.4) is 0 Å². The Hall–Kier alpha value is -1.64. The van der Waals surface area contributed by atoms with E-state index in [9.17, 15) is 18.3 Å². The van der Waals surface area contributed by atoms with Crippen LogP contribution in [-0.4, -0.2) is 30.2 Å². The number of phenols is 1. The van der Waals surface area contributed by atoms with Gasteiger partial charge >= 0.3 is 0 Å². The smallest absolute Gasteiger partial charge is 0.259 e. The Balaban J connectivity index is 2.16. The lowest BCUT2D eigenvalue weighted by atomic mass is 10.2. The van der Waals surface area contributed by atoms with Crippen molar-refractivity contribution in [2.75, 3.05) is 11.1 Å². The van der Waals surface area contributed by atoms with Gasteiger partial charge in [-0.3, -0.25) is 10.1 Å². The molecule has 0 aliphatic rings. The number of carbonyl (C=O) groups is 1. The fraction of sp³-hybridized carbons (Fsp3) is 0.286. The zero-order valence-corrected chi connectivity index (χ0v) is 14.6. The number of nitrogens with zero attached hydrogens (tertiary/aromatic N) is 1. The summed E-state index contributed by atoms with van der Waals surface area (Å²) in [7, 11) is -3.38. The fourth-order valence-electron chi connectivity index (χ4n) is 1.76. The Kier molecular flexibility index (Phi) is 5.61. The predicted octanol–water partition coefficient (Wildman–Crippen LogP) is 3.33. The summed E-state index contributed by atoms with van der Waals surface area (Å²) in [6.07, 6.45) is 2.58. The highest BCUT2D eigenvalue weighted by atomic mass is 35.5. The molecule has 23 heavy (non-hydrogen) atoms. The lowest BCUT2D eigenvalue weighted by molar-refractivity contribution is 0.102. The van der Waals surface area contributed by atoms with E-state index < -0.39 is 15.7 Å². The number of anilines is 1. The van der Waals surface area contributed by atoms with Crippen LogP contribution in [0, 0.1) is 0 Å². The monoisotopic (exact) mass is 374 g/mol. The van der Waals surface area contributed by atoms with Gasteiger partial charge in [-0.2, -0.15) is 0 Å². The third-order valence-corrected chi connectivity index (χ3v) is 6.66. The molecule has 1 aromatic carbocycles. The number of nitrogens with one attached hydrogen (secondary N) is 1. The van der Waals surface area contributed by atoms with Crippen LogP contribution in [-0.2, 0) is 9.84 Å². The third kappa shape index (κ3) is 4.21. The largest absolute Gasteiger partial charge is 0.506 e. The number of benzene rings is 1. The number of thiazole rings is 1. The molecule has 2 aromatic rings. The summed E-state index contributed by atoms with van der Waals surface area (Å²) < 4.78 is 24.2. The molecule has 0 aliphatic heterocycles. The number of rotatable bonds is 6. The van der Waals surface area contributed by atoms with E-state index in [1.165, 1.54) is 24.4 Å². The van der Waals surface area contributed by atoms with Crippen LogP contribution in [0.2, 0.25) is 5.02 Å². The highest BCUT2D eigenvalue weighted by Crippen LogP contribution is 2.29. The van der Waals surface area contributed by atoms with Crippen LogP contribution >= 0.6 is 22.9 Å². The van der Waals surface area contributed by atoms with Crippen molar-refractivity contribution in [3.05, 3.63) is 35.0 Å². The molecular weight excluding hydrogens is 360 g/mol. The number of phenolic OH excluding ortho intramolecular Hbond substituents is 1. The molecule has 2 N–H and O–H groups in total. The van der Waals surface area contributed by atoms with Crippen LogP contribution < -0.4 is 5.32 Å². The van der Waals surface area contributed by atoms with Crippen molar-refractivity contribution >= 4 is 43.8 Å². The van der Waals surface area contributed by atoms with E-state index in [1.54, 1.807) is 0 Å². The van der Waals surface area contributed by atoms with Crippen molar-refractivity contribution < 1.29 is 18.3 Å². The van der Waals surface area contributed by atoms with E-state index in [2.05, 4.69) is 10.3 Å². The maximum atomic E-state index is 12.1. The van der Waals surface area contributed by atoms with Gasteiger partial charge in [-0.05, 0) is 18.6 Å². The first-order valence-electron chi connectivity index (χ1n) is 6.82. The molecule has 2 rings (SSSR count). The summed E-state index contributed by atoms with van der Waals surface area (Å²) in [5.41, 5.74) is 0.0808. The lowest BCUT2D eigenvalue weighted by Crippen LogP contribution is -2.12. The molecule has 0 saturated carbocycles. The van der Waals surface area contributed by atoms with Crippen molar-refractivity contribution in [1.29, 1.82) is 0 Å². The molecule has 0 fully saturated rings. The fourth-order valence-corrected chi connectivity index (χ4v) is 4.59. The van der Waals surface area contributed by atoms with Gasteiger partial charge in [-0.1, -0.05) is 42.3 Å². The molecule has 0 radical (unpaired) electrons. The molecule has 0 unspecified atom stereocenters. The van der Waals surface area contributed by atoms with Crippen LogP contribution in [0.25, 0.3) is 0 Å². The van der Waals surface area contributed by atoms with Gasteiger partial charge in [0.15, 0.2) is 15.0 Å². The second-order valence-corrected chi connectivity index (χ2v) is 8.49. The quantitative estimate of drug-likeness (QED) is 0.808. The van der Waals surface area contributed by atoms with Crippen molar-refractivity contribution in [3.63, 3.8) is 0 Å². The van der Waals surface area contributed by atoms with E-state index in [4.69, 9.17) is 11.6 Å². The second-order valence-electron chi connectivity index (χ2n) is 4.75. The van der Waals surface area contributed by atoms with Gasteiger partial charge in [0.1, 0.15) is 9.96 Å². The minimum atomic E-state index is -3.38. The number of unbranched alkanes of at least 4 members (excludes halogenated alkanes) is 1. The molecule has 0 aliphatic carbocycles. The van der Waals surface area contributed by atoms with Gasteiger partial charge in [-0.25, -0.2) is 13.4 Å². The van der Waals surface area contributed by atoms with Crippen LogP contribution in [0.1, 0.15) is 30.1 Å². The lowest BCUT2D eigenvalue weighted by Gasteiger charge is -2.05. The van der Waals surface area contributed by atoms with Crippen LogP contribution in [0.5, 0.6) is 5.75 Å². The van der Waals surface area contributed by atoms with Gasteiger partial charge in [0.25, 0.3) is 5.91 Å². The van der Waals surface area contributed by atoms with Crippen LogP contribution in [0.4, 0.5) is 5.13 Å². The van der Waals surface area contributed by atoms with E-state index in [-0.39, 0.29) is 31.4 Å². The Morgan fingerprint density at radius 2 is 2.17 bits per heavy atom. The number of hydrogen-bond acceptors (Lipinski definition) is 6. The standard InChI is InChI=1S/C14H15ClN2O4S2/c1-2-3-7-23(20,21)11-8-16-14(22-11)17-13(19)9-5-4-6-10(18)12(9)15/h4-6,8,18H,2-3,7H2,1H3,(H,16,17,19). The second kappa shape index (κ2) is 7.29. The Labute approximate surface area is 143 Å².